The molecule has 0 heterocycles. The molecule has 0 radical (unpaired) electrons. The van der Waals surface area contributed by atoms with E-state index in [1.54, 1.807) is 13.8 Å². The summed E-state index contributed by atoms with van der Waals surface area (Å²) in [7, 11) is 0. The molecule has 7 heteroatoms. The molecular weight excluding hydrogens is 602 g/mol. The third-order valence-corrected chi connectivity index (χ3v) is 14.9. The van der Waals surface area contributed by atoms with E-state index in [2.05, 4.69) is 48.5 Å². The predicted molar refractivity (Wildman–Crippen MR) is 189 cm³/mol. The number of esters is 2. The Morgan fingerprint density at radius 2 is 1.58 bits per heavy atom. The summed E-state index contributed by atoms with van der Waals surface area (Å²) in [5.74, 6) is 1.10. The molecule has 5 aliphatic carbocycles. The second-order valence-corrected chi connectivity index (χ2v) is 19.9. The van der Waals surface area contributed by atoms with Crippen molar-refractivity contribution in [2.24, 2.45) is 68.3 Å². The Morgan fingerprint density at radius 3 is 2.17 bits per heavy atom. The minimum Gasteiger partial charge on any atom is -0.462 e. The summed E-state index contributed by atoms with van der Waals surface area (Å²) in [5.41, 5.74) is 6.80. The maximum atomic E-state index is 13.5. The highest BCUT2D eigenvalue weighted by Crippen LogP contribution is 2.76. The average molecular weight is 670 g/mol. The number of ether oxygens (including phenoxy) is 2. The second kappa shape index (κ2) is 12.2. The van der Waals surface area contributed by atoms with Crippen LogP contribution in [0, 0.1) is 62.6 Å². The van der Waals surface area contributed by atoms with Crippen molar-refractivity contribution in [2.45, 2.75) is 159 Å². The van der Waals surface area contributed by atoms with Crippen molar-refractivity contribution >= 4 is 17.7 Å². The number of hydrogen-bond donors (Lipinski definition) is 2. The maximum absolute atomic E-state index is 13.5. The van der Waals surface area contributed by atoms with Crippen LogP contribution in [0.5, 0.6) is 0 Å². The summed E-state index contributed by atoms with van der Waals surface area (Å²) in [6, 6.07) is 0. The lowest BCUT2D eigenvalue weighted by atomic mass is 9.33. The van der Waals surface area contributed by atoms with Gasteiger partial charge in [0.15, 0.2) is 5.78 Å². The third-order valence-electron chi connectivity index (χ3n) is 14.9. The van der Waals surface area contributed by atoms with Crippen molar-refractivity contribution in [1.29, 1.82) is 0 Å². The van der Waals surface area contributed by atoms with E-state index in [4.69, 9.17) is 15.2 Å². The van der Waals surface area contributed by atoms with E-state index in [0.29, 0.717) is 24.2 Å². The molecule has 0 aromatic carbocycles. The summed E-state index contributed by atoms with van der Waals surface area (Å²) in [5, 5.41) is 11.4. The molecule has 0 bridgehead atoms. The van der Waals surface area contributed by atoms with Crippen LogP contribution in [-0.2, 0) is 23.9 Å². The maximum Gasteiger partial charge on any atom is 0.312 e. The zero-order valence-corrected chi connectivity index (χ0v) is 32.3. The minimum atomic E-state index is -0.971. The van der Waals surface area contributed by atoms with Gasteiger partial charge in [0.05, 0.1) is 17.9 Å². The third kappa shape index (κ3) is 5.83. The van der Waals surface area contributed by atoms with E-state index in [9.17, 15) is 19.5 Å². The Hall–Kier alpha value is -1.73. The van der Waals surface area contributed by atoms with Gasteiger partial charge in [-0.05, 0) is 137 Å². The van der Waals surface area contributed by atoms with Crippen molar-refractivity contribution in [3.8, 4) is 0 Å². The van der Waals surface area contributed by atoms with Crippen LogP contribution < -0.4 is 5.73 Å². The highest BCUT2D eigenvalue weighted by atomic mass is 16.6. The highest BCUT2D eigenvalue weighted by Gasteiger charge is 2.70. The Kier molecular flexibility index (Phi) is 9.54. The monoisotopic (exact) mass is 669 g/mol. The van der Waals surface area contributed by atoms with Crippen molar-refractivity contribution in [2.75, 3.05) is 6.54 Å². The largest absolute Gasteiger partial charge is 0.462 e. The van der Waals surface area contributed by atoms with Crippen LogP contribution in [0.1, 0.15) is 141 Å². The fourth-order valence-corrected chi connectivity index (χ4v) is 12.5. The van der Waals surface area contributed by atoms with Gasteiger partial charge in [-0.3, -0.25) is 14.4 Å². The number of fused-ring (bicyclic) bond motifs is 7. The first kappa shape index (κ1) is 37.5. The molecule has 0 aromatic heterocycles. The van der Waals surface area contributed by atoms with E-state index >= 15 is 0 Å². The molecule has 0 amide bonds. The number of nitrogens with two attached hydrogens (primary N) is 1. The first-order chi connectivity index (χ1) is 21.9. The standard InChI is InChI=1S/C41H67NO6/c1-23(2)33-27(43)19-24-25(28(44)22-42)20-41(12)26(34(24)33)13-14-30-39(10)17-16-31(38(8,9)29(39)15-18-40(30,41)11)47-32(45)21-37(6,7)35(46)48-36(3,4)5/h23-26,28-31,44H,13-22,42H2,1-12H3/t24?,25-,26+,28-,29-,30+,31-,39-,40+,41+/m0/s1. The molecule has 272 valence electrons. The second-order valence-electron chi connectivity index (χ2n) is 19.9. The summed E-state index contributed by atoms with van der Waals surface area (Å²) < 4.78 is 11.9. The van der Waals surface area contributed by atoms with Gasteiger partial charge in [0, 0.05) is 18.4 Å². The van der Waals surface area contributed by atoms with E-state index < -0.39 is 17.1 Å². The van der Waals surface area contributed by atoms with Gasteiger partial charge in [-0.15, -0.1) is 0 Å². The molecule has 7 nitrogen and oxygen atoms in total. The summed E-state index contributed by atoms with van der Waals surface area (Å²) in [4.78, 5) is 39.8. The van der Waals surface area contributed by atoms with Gasteiger partial charge in [-0.25, -0.2) is 0 Å². The summed E-state index contributed by atoms with van der Waals surface area (Å²) >= 11 is 0. The lowest BCUT2D eigenvalue weighted by molar-refractivity contribution is -0.236. The Balaban J connectivity index is 1.41. The summed E-state index contributed by atoms with van der Waals surface area (Å²) in [6.45, 7) is 25.7. The van der Waals surface area contributed by atoms with Gasteiger partial charge in [0.2, 0.25) is 0 Å². The zero-order valence-electron chi connectivity index (χ0n) is 32.3. The van der Waals surface area contributed by atoms with Gasteiger partial charge in [0.1, 0.15) is 11.7 Å². The van der Waals surface area contributed by atoms with Gasteiger partial charge in [-0.2, -0.15) is 0 Å². The van der Waals surface area contributed by atoms with Crippen LogP contribution in [0.3, 0.4) is 0 Å². The zero-order chi connectivity index (χ0) is 36.0. The molecule has 1 unspecified atom stereocenters. The topological polar surface area (TPSA) is 116 Å². The van der Waals surface area contributed by atoms with Gasteiger partial charge in [0.25, 0.3) is 0 Å². The lowest BCUT2D eigenvalue weighted by Gasteiger charge is -2.72. The number of aliphatic hydroxyl groups is 1. The van der Waals surface area contributed by atoms with Crippen LogP contribution in [0.4, 0.5) is 0 Å². The fourth-order valence-electron chi connectivity index (χ4n) is 12.5. The molecule has 0 aromatic rings. The van der Waals surface area contributed by atoms with E-state index in [-0.39, 0.29) is 76.2 Å². The van der Waals surface area contributed by atoms with Crippen molar-refractivity contribution in [3.63, 3.8) is 0 Å². The number of rotatable bonds is 7. The molecule has 10 atom stereocenters. The number of allylic oxidation sites excluding steroid dienone is 2. The Labute approximate surface area is 290 Å². The molecule has 48 heavy (non-hydrogen) atoms. The normalized spacial score (nSPS) is 40.0. The van der Waals surface area contributed by atoms with Gasteiger partial charge in [-0.1, -0.05) is 54.0 Å². The van der Waals surface area contributed by atoms with E-state index in [1.807, 2.05) is 20.8 Å². The molecule has 4 fully saturated rings. The molecule has 0 saturated heterocycles. The van der Waals surface area contributed by atoms with Crippen molar-refractivity contribution in [1.82, 2.24) is 0 Å². The van der Waals surface area contributed by atoms with Crippen molar-refractivity contribution < 1.29 is 29.0 Å². The van der Waals surface area contributed by atoms with Crippen LogP contribution in [0.25, 0.3) is 0 Å². The number of hydrogen-bond acceptors (Lipinski definition) is 7. The van der Waals surface area contributed by atoms with Crippen LogP contribution in [0.2, 0.25) is 0 Å². The predicted octanol–water partition coefficient (Wildman–Crippen LogP) is 7.81. The van der Waals surface area contributed by atoms with Gasteiger partial charge < -0.3 is 20.3 Å². The van der Waals surface area contributed by atoms with Crippen LogP contribution >= 0.6 is 0 Å². The number of aliphatic hydroxyl groups excluding tert-OH is 1. The Bertz CT molecular complexity index is 1340. The fraction of sp³-hybridized carbons (Fsp3) is 0.878. The summed E-state index contributed by atoms with van der Waals surface area (Å²) in [6.07, 6.45) is 6.75. The number of carbonyl (C=O) groups is 3. The van der Waals surface area contributed by atoms with Crippen LogP contribution in [0.15, 0.2) is 11.1 Å². The number of Topliss-reactive ketones (excluding diaryl/α,β-unsaturated/α-hetero) is 1. The van der Waals surface area contributed by atoms with Gasteiger partial charge >= 0.3 is 11.9 Å². The molecule has 5 rings (SSSR count). The SMILES string of the molecule is CC(C)C1=C2C(CC1=O)[C@@H]([C@@H](O)CN)C[C@]1(C)[C@@H]2CC[C@@H]2[C@@]3(C)CC[C@H](OC(=O)CC(C)(C)C(=O)OC(C)(C)C)C(C)(C)[C@@H]3CC[C@]21C. The first-order valence-corrected chi connectivity index (χ1v) is 19.0. The Morgan fingerprint density at radius 1 is 0.938 bits per heavy atom. The quantitative estimate of drug-likeness (QED) is 0.266. The average Bonchev–Trinajstić information content (AvgIpc) is 3.29. The molecule has 5 aliphatic rings. The van der Waals surface area contributed by atoms with E-state index in [1.165, 1.54) is 5.57 Å². The first-order valence-electron chi connectivity index (χ1n) is 19.0. The molecule has 0 spiro atoms. The number of carbonyl (C=O) groups excluding carboxylic acids is 3. The van der Waals surface area contributed by atoms with E-state index in [0.717, 1.165) is 50.5 Å². The molecule has 0 aliphatic heterocycles. The molecular formula is C41H67NO6. The number of ketones is 1. The highest BCUT2D eigenvalue weighted by molar-refractivity contribution is 6.00. The van der Waals surface area contributed by atoms with Crippen LogP contribution in [-0.4, -0.2) is 47.2 Å². The minimum absolute atomic E-state index is 0.00377. The molecule has 4 saturated carbocycles. The lowest BCUT2D eigenvalue weighted by Crippen LogP contribution is -2.66. The van der Waals surface area contributed by atoms with Crippen molar-refractivity contribution in [3.05, 3.63) is 11.1 Å². The smallest absolute Gasteiger partial charge is 0.312 e. The molecule has 3 N–H and O–H groups in total.